The standard InChI is InChI=1S/C58H48N4/c1-56(2)30-31-57(3,4)49-34-52-45(33-48(49)56)41-22-12-14-25-50(41)62(52)51-29-27-43(38-19-9-10-21-40(38)51)55-60-53(59-54(61-55)42-23-15-17-35-16-7-8-18-37(35)42)36-26-28-47-44(32-36)39-20-11-13-24-46(39)58(47,5)6/h7-29,32-34H,30-31H2,1-6H3. The maximum absolute atomic E-state index is 5.39. The number of nitrogens with zero attached hydrogens (tertiary/aromatic N) is 4. The summed E-state index contributed by atoms with van der Waals surface area (Å²) in [6, 6.07) is 57.7. The van der Waals surface area contributed by atoms with E-state index in [0.717, 1.165) is 43.9 Å². The highest BCUT2D eigenvalue weighted by Crippen LogP contribution is 2.51. The monoisotopic (exact) mass is 800 g/mol. The average Bonchev–Trinajstić information content (AvgIpc) is 3.74. The minimum Gasteiger partial charge on any atom is -0.309 e. The Labute approximate surface area is 363 Å². The molecule has 4 heteroatoms. The first kappa shape index (κ1) is 36.9. The predicted molar refractivity (Wildman–Crippen MR) is 258 cm³/mol. The van der Waals surface area contributed by atoms with Crippen LogP contribution < -0.4 is 0 Å². The van der Waals surface area contributed by atoms with Gasteiger partial charge in [-0.05, 0) is 110 Å². The van der Waals surface area contributed by atoms with Crippen LogP contribution in [-0.2, 0) is 16.2 Å². The molecule has 4 nitrogen and oxygen atoms in total. The first-order chi connectivity index (χ1) is 30.0. The van der Waals surface area contributed by atoms with Crippen LogP contribution in [0.4, 0.5) is 0 Å². The first-order valence-electron chi connectivity index (χ1n) is 22.1. The van der Waals surface area contributed by atoms with E-state index in [-0.39, 0.29) is 16.2 Å². The minimum atomic E-state index is -0.0913. The van der Waals surface area contributed by atoms with E-state index in [1.807, 2.05) is 0 Å². The van der Waals surface area contributed by atoms with Crippen LogP contribution >= 0.6 is 0 Å². The van der Waals surface area contributed by atoms with Crippen molar-refractivity contribution in [2.24, 2.45) is 0 Å². The van der Waals surface area contributed by atoms with E-state index in [4.69, 9.17) is 15.0 Å². The van der Waals surface area contributed by atoms with Crippen LogP contribution in [0.1, 0.15) is 76.6 Å². The summed E-state index contributed by atoms with van der Waals surface area (Å²) < 4.78 is 2.50. The summed E-state index contributed by atoms with van der Waals surface area (Å²) >= 11 is 0. The van der Waals surface area contributed by atoms with E-state index in [0.29, 0.717) is 17.5 Å². The van der Waals surface area contributed by atoms with Gasteiger partial charge in [0.2, 0.25) is 0 Å². The molecule has 8 aromatic carbocycles. The summed E-state index contributed by atoms with van der Waals surface area (Å²) in [5, 5.41) is 7.10. The molecule has 10 aromatic rings. The highest BCUT2D eigenvalue weighted by atomic mass is 15.0. The molecule has 12 rings (SSSR count). The van der Waals surface area contributed by atoms with Crippen LogP contribution in [0.25, 0.3) is 94.3 Å². The zero-order valence-corrected chi connectivity index (χ0v) is 36.2. The molecule has 0 spiro atoms. The molecule has 300 valence electrons. The SMILES string of the molecule is CC1(C)CCC(C)(C)c2cc3c(cc21)c1ccccc1n3-c1ccc(-c2nc(-c3ccc4c(c3)-c3ccccc3C4(C)C)nc(-c3cccc4ccccc34)n2)c2ccccc12. The summed E-state index contributed by atoms with van der Waals surface area (Å²) in [6.07, 6.45) is 2.35. The largest absolute Gasteiger partial charge is 0.309 e. The molecule has 0 aliphatic heterocycles. The van der Waals surface area contributed by atoms with Crippen LogP contribution in [-0.4, -0.2) is 19.5 Å². The third kappa shape index (κ3) is 5.35. The third-order valence-electron chi connectivity index (χ3n) is 14.5. The first-order valence-corrected chi connectivity index (χ1v) is 22.1. The van der Waals surface area contributed by atoms with Gasteiger partial charge < -0.3 is 4.57 Å². The Morgan fingerprint density at radius 2 is 0.968 bits per heavy atom. The Bertz CT molecular complexity index is 3500. The van der Waals surface area contributed by atoms with Crippen molar-refractivity contribution in [3.63, 3.8) is 0 Å². The lowest BCUT2D eigenvalue weighted by Gasteiger charge is -2.42. The van der Waals surface area contributed by atoms with Crippen molar-refractivity contribution in [1.82, 2.24) is 19.5 Å². The molecule has 0 bridgehead atoms. The smallest absolute Gasteiger partial charge is 0.164 e. The lowest BCUT2D eigenvalue weighted by Crippen LogP contribution is -2.33. The molecule has 0 atom stereocenters. The summed E-state index contributed by atoms with van der Waals surface area (Å²) in [6.45, 7) is 14.3. The lowest BCUT2D eigenvalue weighted by atomic mass is 9.63. The molecule has 0 saturated heterocycles. The molecule has 0 fully saturated rings. The Kier molecular flexibility index (Phi) is 7.77. The highest BCUT2D eigenvalue weighted by Gasteiger charge is 2.38. The number of fused-ring (bicyclic) bond motifs is 9. The Balaban J connectivity index is 1.10. The van der Waals surface area contributed by atoms with Crippen molar-refractivity contribution >= 4 is 43.4 Å². The van der Waals surface area contributed by atoms with Crippen molar-refractivity contribution in [3.8, 4) is 51.0 Å². The molecule has 2 aliphatic carbocycles. The van der Waals surface area contributed by atoms with E-state index >= 15 is 0 Å². The molecule has 0 N–H and O–H groups in total. The maximum atomic E-state index is 5.39. The fourth-order valence-electron chi connectivity index (χ4n) is 11.0. The Morgan fingerprint density at radius 1 is 0.387 bits per heavy atom. The zero-order chi connectivity index (χ0) is 42.1. The normalized spacial score (nSPS) is 15.8. The van der Waals surface area contributed by atoms with Crippen LogP contribution in [0.15, 0.2) is 158 Å². The third-order valence-corrected chi connectivity index (χ3v) is 14.5. The van der Waals surface area contributed by atoms with E-state index in [9.17, 15) is 0 Å². The number of aromatic nitrogens is 4. The van der Waals surface area contributed by atoms with Gasteiger partial charge in [0.15, 0.2) is 17.5 Å². The maximum Gasteiger partial charge on any atom is 0.164 e. The van der Waals surface area contributed by atoms with E-state index < -0.39 is 0 Å². The van der Waals surface area contributed by atoms with Crippen LogP contribution in [0.3, 0.4) is 0 Å². The number of rotatable bonds is 4. The second-order valence-electron chi connectivity index (χ2n) is 19.5. The molecule has 2 aliphatic rings. The van der Waals surface area contributed by atoms with Gasteiger partial charge >= 0.3 is 0 Å². The quantitative estimate of drug-likeness (QED) is 0.178. The number of hydrogen-bond acceptors (Lipinski definition) is 3. The second-order valence-corrected chi connectivity index (χ2v) is 19.5. The molecule has 0 saturated carbocycles. The molecule has 0 amide bonds. The van der Waals surface area contributed by atoms with Gasteiger partial charge in [-0.3, -0.25) is 0 Å². The van der Waals surface area contributed by atoms with Gasteiger partial charge in [0, 0.05) is 38.3 Å². The average molecular weight is 801 g/mol. The van der Waals surface area contributed by atoms with E-state index in [1.165, 1.54) is 68.0 Å². The molecule has 0 unspecified atom stereocenters. The summed E-state index contributed by atoms with van der Waals surface area (Å²) in [5.41, 5.74) is 14.8. The molecule has 0 radical (unpaired) electrons. The molecule has 2 heterocycles. The van der Waals surface area contributed by atoms with Crippen molar-refractivity contribution in [2.45, 2.75) is 70.6 Å². The van der Waals surface area contributed by atoms with Crippen LogP contribution in [0.2, 0.25) is 0 Å². The van der Waals surface area contributed by atoms with Gasteiger partial charge in [-0.15, -0.1) is 0 Å². The van der Waals surface area contributed by atoms with Gasteiger partial charge in [-0.2, -0.15) is 0 Å². The fourth-order valence-corrected chi connectivity index (χ4v) is 11.0. The molecule has 2 aromatic heterocycles. The number of para-hydroxylation sites is 1. The van der Waals surface area contributed by atoms with E-state index in [1.54, 1.807) is 0 Å². The van der Waals surface area contributed by atoms with Crippen molar-refractivity contribution in [3.05, 3.63) is 180 Å². The molecular formula is C58H48N4. The van der Waals surface area contributed by atoms with Crippen LogP contribution in [0.5, 0.6) is 0 Å². The van der Waals surface area contributed by atoms with Crippen LogP contribution in [0, 0.1) is 0 Å². The van der Waals surface area contributed by atoms with Gasteiger partial charge in [-0.1, -0.05) is 163 Å². The Hall–Kier alpha value is -6.91. The number of benzene rings is 8. The zero-order valence-electron chi connectivity index (χ0n) is 36.2. The molecular weight excluding hydrogens is 753 g/mol. The fraction of sp³-hybridized carbons (Fsp3) is 0.190. The summed E-state index contributed by atoms with van der Waals surface area (Å²) in [7, 11) is 0. The van der Waals surface area contributed by atoms with Crippen molar-refractivity contribution < 1.29 is 0 Å². The molecule has 62 heavy (non-hydrogen) atoms. The van der Waals surface area contributed by atoms with Gasteiger partial charge in [0.25, 0.3) is 0 Å². The lowest BCUT2D eigenvalue weighted by molar-refractivity contribution is 0.332. The topological polar surface area (TPSA) is 43.6 Å². The summed E-state index contributed by atoms with van der Waals surface area (Å²) in [5.74, 6) is 1.98. The van der Waals surface area contributed by atoms with Gasteiger partial charge in [-0.25, -0.2) is 15.0 Å². The Morgan fingerprint density at radius 3 is 1.76 bits per heavy atom. The minimum absolute atomic E-state index is 0.0862. The van der Waals surface area contributed by atoms with Gasteiger partial charge in [0.1, 0.15) is 0 Å². The van der Waals surface area contributed by atoms with Crippen molar-refractivity contribution in [2.75, 3.05) is 0 Å². The van der Waals surface area contributed by atoms with E-state index in [2.05, 4.69) is 204 Å². The predicted octanol–water partition coefficient (Wildman–Crippen LogP) is 14.9. The highest BCUT2D eigenvalue weighted by molar-refractivity contribution is 6.12. The summed E-state index contributed by atoms with van der Waals surface area (Å²) in [4.78, 5) is 16.1. The van der Waals surface area contributed by atoms with Gasteiger partial charge in [0.05, 0.1) is 16.7 Å². The van der Waals surface area contributed by atoms with Crippen molar-refractivity contribution in [1.29, 1.82) is 0 Å². The second kappa shape index (κ2) is 13.0. The number of hydrogen-bond donors (Lipinski definition) is 0.